The molecule has 1 amide bonds. The number of carbonyl (C=O) groups excluding carboxylic acids is 1. The van der Waals surface area contributed by atoms with Gasteiger partial charge in [-0.1, -0.05) is 6.42 Å². The number of hydrogen-bond acceptors (Lipinski definition) is 2. The number of nitrogens with zero attached hydrogens (tertiary/aromatic N) is 1. The van der Waals surface area contributed by atoms with Gasteiger partial charge in [-0.2, -0.15) is 0 Å². The van der Waals surface area contributed by atoms with Crippen LogP contribution < -0.4 is 5.73 Å². The minimum Gasteiger partial charge on any atom is -0.338 e. The SMILES string of the molecule is NCCN(C(=O)C1CCC1)C1CCC1. The topological polar surface area (TPSA) is 46.3 Å². The van der Waals surface area contributed by atoms with Crippen molar-refractivity contribution in [3.05, 3.63) is 0 Å². The first-order valence-electron chi connectivity index (χ1n) is 5.83. The van der Waals surface area contributed by atoms with Crippen LogP contribution in [0.5, 0.6) is 0 Å². The molecule has 0 aromatic heterocycles. The fourth-order valence-corrected chi connectivity index (χ4v) is 2.20. The van der Waals surface area contributed by atoms with Crippen molar-refractivity contribution in [2.75, 3.05) is 13.1 Å². The van der Waals surface area contributed by atoms with E-state index < -0.39 is 0 Å². The first-order chi connectivity index (χ1) is 6.83. The Morgan fingerprint density at radius 1 is 1.21 bits per heavy atom. The molecule has 0 heterocycles. The Morgan fingerprint density at radius 2 is 1.86 bits per heavy atom. The monoisotopic (exact) mass is 196 g/mol. The third-order valence-electron chi connectivity index (χ3n) is 3.62. The Bertz CT molecular complexity index is 209. The van der Waals surface area contributed by atoms with Crippen molar-refractivity contribution in [1.29, 1.82) is 0 Å². The third kappa shape index (κ3) is 1.78. The van der Waals surface area contributed by atoms with Gasteiger partial charge in [0.05, 0.1) is 0 Å². The maximum absolute atomic E-state index is 12.0. The highest BCUT2D eigenvalue weighted by Crippen LogP contribution is 2.32. The van der Waals surface area contributed by atoms with E-state index in [-0.39, 0.29) is 0 Å². The van der Waals surface area contributed by atoms with Crippen molar-refractivity contribution >= 4 is 5.91 Å². The highest BCUT2D eigenvalue weighted by atomic mass is 16.2. The summed E-state index contributed by atoms with van der Waals surface area (Å²) in [7, 11) is 0. The molecule has 3 nitrogen and oxygen atoms in total. The van der Waals surface area contributed by atoms with E-state index in [9.17, 15) is 4.79 Å². The lowest BCUT2D eigenvalue weighted by Crippen LogP contribution is -2.49. The summed E-state index contributed by atoms with van der Waals surface area (Å²) in [4.78, 5) is 14.1. The maximum Gasteiger partial charge on any atom is 0.225 e. The molecule has 0 aliphatic heterocycles. The summed E-state index contributed by atoms with van der Waals surface area (Å²) in [5.74, 6) is 0.716. The van der Waals surface area contributed by atoms with Crippen LogP contribution in [0.2, 0.25) is 0 Å². The van der Waals surface area contributed by atoms with E-state index >= 15 is 0 Å². The summed E-state index contributed by atoms with van der Waals surface area (Å²) in [5.41, 5.74) is 5.55. The van der Waals surface area contributed by atoms with E-state index in [0.29, 0.717) is 24.4 Å². The summed E-state index contributed by atoms with van der Waals surface area (Å²) >= 11 is 0. The molecule has 2 saturated carbocycles. The van der Waals surface area contributed by atoms with Gasteiger partial charge in [0, 0.05) is 25.0 Å². The van der Waals surface area contributed by atoms with Gasteiger partial charge in [-0.05, 0) is 32.1 Å². The molecule has 0 bridgehead atoms. The van der Waals surface area contributed by atoms with Crippen LogP contribution in [0.15, 0.2) is 0 Å². The molecule has 2 N–H and O–H groups in total. The van der Waals surface area contributed by atoms with Crippen molar-refractivity contribution in [3.8, 4) is 0 Å². The minimum atomic E-state index is 0.335. The second-order valence-electron chi connectivity index (χ2n) is 4.53. The zero-order chi connectivity index (χ0) is 9.97. The van der Waals surface area contributed by atoms with Crippen LogP contribution in [-0.2, 0) is 4.79 Å². The summed E-state index contributed by atoms with van der Waals surface area (Å²) in [6.07, 6.45) is 7.11. The zero-order valence-corrected chi connectivity index (χ0v) is 8.74. The predicted octanol–water partition coefficient (Wildman–Crippen LogP) is 1.13. The van der Waals surface area contributed by atoms with Gasteiger partial charge in [-0.25, -0.2) is 0 Å². The fraction of sp³-hybridized carbons (Fsp3) is 0.909. The molecule has 0 radical (unpaired) electrons. The molecule has 0 aromatic carbocycles. The van der Waals surface area contributed by atoms with Gasteiger partial charge in [0.15, 0.2) is 0 Å². The van der Waals surface area contributed by atoms with E-state index in [1.165, 1.54) is 25.7 Å². The zero-order valence-electron chi connectivity index (χ0n) is 8.74. The normalized spacial score (nSPS) is 22.6. The molecule has 0 aromatic rings. The average Bonchev–Trinajstić information content (AvgIpc) is 1.96. The van der Waals surface area contributed by atoms with Crippen LogP contribution in [0.4, 0.5) is 0 Å². The molecule has 0 unspecified atom stereocenters. The molecular weight excluding hydrogens is 176 g/mol. The Balaban J connectivity index is 1.90. The van der Waals surface area contributed by atoms with Gasteiger partial charge in [0.1, 0.15) is 0 Å². The van der Waals surface area contributed by atoms with Gasteiger partial charge in [0.25, 0.3) is 0 Å². The van der Waals surface area contributed by atoms with Crippen LogP contribution in [0.1, 0.15) is 38.5 Å². The van der Waals surface area contributed by atoms with Crippen molar-refractivity contribution in [2.45, 2.75) is 44.6 Å². The lowest BCUT2D eigenvalue weighted by molar-refractivity contribution is -0.142. The van der Waals surface area contributed by atoms with E-state index in [2.05, 4.69) is 0 Å². The lowest BCUT2D eigenvalue weighted by Gasteiger charge is -2.41. The van der Waals surface area contributed by atoms with Crippen LogP contribution in [0.3, 0.4) is 0 Å². The molecule has 14 heavy (non-hydrogen) atoms. The smallest absolute Gasteiger partial charge is 0.225 e. The quantitative estimate of drug-likeness (QED) is 0.732. The Kier molecular flexibility index (Phi) is 3.06. The predicted molar refractivity (Wildman–Crippen MR) is 55.7 cm³/mol. The molecular formula is C11H20N2O. The van der Waals surface area contributed by atoms with Crippen LogP contribution in [-0.4, -0.2) is 29.9 Å². The number of carbonyl (C=O) groups is 1. The minimum absolute atomic E-state index is 0.335. The van der Waals surface area contributed by atoms with E-state index in [1.54, 1.807) is 0 Å². The molecule has 2 fully saturated rings. The molecule has 3 heteroatoms. The van der Waals surface area contributed by atoms with Crippen LogP contribution in [0.25, 0.3) is 0 Å². The second kappa shape index (κ2) is 4.30. The van der Waals surface area contributed by atoms with Gasteiger partial charge in [0.2, 0.25) is 5.91 Å². The highest BCUT2D eigenvalue weighted by molar-refractivity contribution is 5.80. The molecule has 0 saturated heterocycles. The Hall–Kier alpha value is -0.570. The van der Waals surface area contributed by atoms with Gasteiger partial charge in [-0.3, -0.25) is 4.79 Å². The lowest BCUT2D eigenvalue weighted by atomic mass is 9.82. The molecule has 2 rings (SSSR count). The first kappa shape index (κ1) is 9.97. The van der Waals surface area contributed by atoms with E-state index in [0.717, 1.165) is 19.4 Å². The summed E-state index contributed by atoms with van der Waals surface area (Å²) in [6.45, 7) is 1.37. The largest absolute Gasteiger partial charge is 0.338 e. The molecule has 80 valence electrons. The number of amides is 1. The van der Waals surface area contributed by atoms with Gasteiger partial charge < -0.3 is 10.6 Å². The van der Waals surface area contributed by atoms with Crippen molar-refractivity contribution < 1.29 is 4.79 Å². The number of rotatable bonds is 4. The van der Waals surface area contributed by atoms with Gasteiger partial charge in [-0.15, -0.1) is 0 Å². The Labute approximate surface area is 85.6 Å². The van der Waals surface area contributed by atoms with Crippen molar-refractivity contribution in [1.82, 2.24) is 4.90 Å². The molecule has 0 atom stereocenters. The highest BCUT2D eigenvalue weighted by Gasteiger charge is 2.34. The average molecular weight is 196 g/mol. The molecule has 2 aliphatic carbocycles. The van der Waals surface area contributed by atoms with Crippen molar-refractivity contribution in [3.63, 3.8) is 0 Å². The van der Waals surface area contributed by atoms with Crippen LogP contribution >= 0.6 is 0 Å². The summed E-state index contributed by atoms with van der Waals surface area (Å²) in [6, 6.07) is 0.520. The van der Waals surface area contributed by atoms with Crippen molar-refractivity contribution in [2.24, 2.45) is 11.7 Å². The van der Waals surface area contributed by atoms with E-state index in [1.807, 2.05) is 4.90 Å². The summed E-state index contributed by atoms with van der Waals surface area (Å²) < 4.78 is 0. The second-order valence-corrected chi connectivity index (χ2v) is 4.53. The van der Waals surface area contributed by atoms with Gasteiger partial charge >= 0.3 is 0 Å². The van der Waals surface area contributed by atoms with Crippen LogP contribution in [0, 0.1) is 5.92 Å². The fourth-order valence-electron chi connectivity index (χ4n) is 2.20. The number of hydrogen-bond donors (Lipinski definition) is 1. The maximum atomic E-state index is 12.0. The first-order valence-corrected chi connectivity index (χ1v) is 5.83. The molecule has 2 aliphatic rings. The standard InChI is InChI=1S/C11H20N2O/c12-7-8-13(10-5-2-6-10)11(14)9-3-1-4-9/h9-10H,1-8,12H2. The molecule has 0 spiro atoms. The summed E-state index contributed by atoms with van der Waals surface area (Å²) in [5, 5.41) is 0. The number of nitrogens with two attached hydrogens (primary N) is 1. The third-order valence-corrected chi connectivity index (χ3v) is 3.62. The van der Waals surface area contributed by atoms with E-state index in [4.69, 9.17) is 5.73 Å². The Morgan fingerprint density at radius 3 is 2.21 bits per heavy atom.